The van der Waals surface area contributed by atoms with E-state index in [2.05, 4.69) is 5.32 Å². The number of carbonyl (C=O) groups is 1. The van der Waals surface area contributed by atoms with Crippen LogP contribution in [0.1, 0.15) is 30.9 Å². The van der Waals surface area contributed by atoms with Crippen LogP contribution >= 0.6 is 0 Å². The van der Waals surface area contributed by atoms with Crippen LogP contribution in [0.2, 0.25) is 0 Å². The van der Waals surface area contributed by atoms with Crippen molar-refractivity contribution < 1.29 is 14.3 Å². The second kappa shape index (κ2) is 4.49. The van der Waals surface area contributed by atoms with Crippen molar-refractivity contribution in [3.8, 4) is 0 Å². The van der Waals surface area contributed by atoms with E-state index in [1.54, 1.807) is 6.07 Å². The van der Waals surface area contributed by atoms with E-state index in [9.17, 15) is 14.3 Å². The third kappa shape index (κ3) is 2.08. The molecule has 1 unspecified atom stereocenters. The second-order valence-corrected chi connectivity index (χ2v) is 5.46. The van der Waals surface area contributed by atoms with Gasteiger partial charge in [0.1, 0.15) is 5.82 Å². The highest BCUT2D eigenvalue weighted by molar-refractivity contribution is 6.02. The first-order chi connectivity index (χ1) is 9.06. The molecule has 0 spiro atoms. The van der Waals surface area contributed by atoms with Crippen molar-refractivity contribution in [2.24, 2.45) is 5.92 Å². The van der Waals surface area contributed by atoms with E-state index in [0.29, 0.717) is 22.9 Å². The van der Waals surface area contributed by atoms with Gasteiger partial charge >= 0.3 is 0 Å². The number of nitrogens with one attached hydrogen (secondary N) is 1. The minimum absolute atomic E-state index is 0.322. The molecule has 1 atom stereocenters. The zero-order valence-electron chi connectivity index (χ0n) is 10.8. The number of rotatable bonds is 3. The smallest absolute Gasteiger partial charge is 0.257 e. The third-order valence-electron chi connectivity index (χ3n) is 4.09. The molecule has 5 heteroatoms. The summed E-state index contributed by atoms with van der Waals surface area (Å²) in [5.41, 5.74) is 1.30. The highest BCUT2D eigenvalue weighted by Crippen LogP contribution is 2.36. The third-order valence-corrected chi connectivity index (χ3v) is 4.09. The van der Waals surface area contributed by atoms with Crippen molar-refractivity contribution in [2.75, 3.05) is 23.8 Å². The largest absolute Gasteiger partial charge is 0.378 e. The van der Waals surface area contributed by atoms with Crippen LogP contribution in [0.5, 0.6) is 0 Å². The topological polar surface area (TPSA) is 52.6 Å². The summed E-state index contributed by atoms with van der Waals surface area (Å²) < 4.78 is 14.1. The van der Waals surface area contributed by atoms with Gasteiger partial charge in [-0.2, -0.15) is 0 Å². The van der Waals surface area contributed by atoms with Gasteiger partial charge in [-0.05, 0) is 30.9 Å². The summed E-state index contributed by atoms with van der Waals surface area (Å²) in [7, 11) is 1.86. The van der Waals surface area contributed by atoms with E-state index in [1.165, 1.54) is 25.3 Å². The minimum Gasteiger partial charge on any atom is -0.378 e. The van der Waals surface area contributed by atoms with Crippen molar-refractivity contribution in [3.63, 3.8) is 0 Å². The normalized spacial score (nSPS) is 21.8. The molecule has 0 saturated heterocycles. The van der Waals surface area contributed by atoms with Crippen molar-refractivity contribution in [3.05, 3.63) is 23.5 Å². The molecule has 2 N–H and O–H groups in total. The molecule has 0 bridgehead atoms. The molecule has 1 saturated carbocycles. The second-order valence-electron chi connectivity index (χ2n) is 5.46. The Morgan fingerprint density at radius 1 is 1.47 bits per heavy atom. The van der Waals surface area contributed by atoms with Crippen molar-refractivity contribution in [1.82, 2.24) is 0 Å². The van der Waals surface area contributed by atoms with Gasteiger partial charge in [-0.3, -0.25) is 4.79 Å². The predicted octanol–water partition coefficient (Wildman–Crippen LogP) is 2.05. The van der Waals surface area contributed by atoms with E-state index in [1.807, 2.05) is 11.9 Å². The first-order valence-electron chi connectivity index (χ1n) is 6.60. The van der Waals surface area contributed by atoms with E-state index >= 15 is 0 Å². The molecular formula is C14H17FN2O2. The Balaban J connectivity index is 1.86. The molecule has 4 nitrogen and oxygen atoms in total. The molecule has 3 rings (SSSR count). The monoisotopic (exact) mass is 264 g/mol. The quantitative estimate of drug-likeness (QED) is 0.878. The number of fused-ring (bicyclic) bond motifs is 1. The average molecular weight is 264 g/mol. The summed E-state index contributed by atoms with van der Waals surface area (Å²) in [6.07, 6.45) is 2.40. The molecule has 1 aromatic rings. The van der Waals surface area contributed by atoms with Crippen molar-refractivity contribution >= 4 is 17.3 Å². The summed E-state index contributed by atoms with van der Waals surface area (Å²) in [6.45, 7) is 0.826. The van der Waals surface area contributed by atoms with Gasteiger partial charge in [-0.1, -0.05) is 6.42 Å². The molecule has 1 aliphatic heterocycles. The van der Waals surface area contributed by atoms with Gasteiger partial charge in [0.15, 0.2) is 6.10 Å². The summed E-state index contributed by atoms with van der Waals surface area (Å²) in [6, 6.07) is 2.86. The first-order valence-corrected chi connectivity index (χ1v) is 6.60. The number of carbonyl (C=O) groups excluding carboxylic acids is 1. The van der Waals surface area contributed by atoms with E-state index in [4.69, 9.17) is 0 Å². The van der Waals surface area contributed by atoms with Crippen LogP contribution in [0.15, 0.2) is 12.1 Å². The molecule has 1 heterocycles. The number of nitrogens with zero attached hydrogens (tertiary/aromatic N) is 1. The molecule has 1 amide bonds. The van der Waals surface area contributed by atoms with Gasteiger partial charge in [-0.15, -0.1) is 0 Å². The number of halogens is 1. The average Bonchev–Trinajstić information content (AvgIpc) is 2.59. The number of anilines is 2. The van der Waals surface area contributed by atoms with Crippen LogP contribution in [-0.2, 0) is 4.79 Å². The fraction of sp³-hybridized carbons (Fsp3) is 0.500. The van der Waals surface area contributed by atoms with Crippen LogP contribution in [-0.4, -0.2) is 24.6 Å². The van der Waals surface area contributed by atoms with Crippen LogP contribution in [0.3, 0.4) is 0 Å². The SMILES string of the molecule is CN(CC1CCC1)c1cc2c(cc1F)C(O)C(=O)N2. The van der Waals surface area contributed by atoms with Crippen LogP contribution in [0.4, 0.5) is 15.8 Å². The van der Waals surface area contributed by atoms with Gasteiger partial charge in [0, 0.05) is 24.8 Å². The Hall–Kier alpha value is -1.62. The standard InChI is InChI=1S/C14H17FN2O2/c1-17(7-8-3-2-4-8)12-6-11-9(5-10(12)15)13(18)14(19)16-11/h5-6,8,13,18H,2-4,7H2,1H3,(H,16,19). The van der Waals surface area contributed by atoms with Gasteiger partial charge in [0.2, 0.25) is 0 Å². The van der Waals surface area contributed by atoms with E-state index < -0.39 is 17.8 Å². The van der Waals surface area contributed by atoms with Gasteiger partial charge < -0.3 is 15.3 Å². The van der Waals surface area contributed by atoms with Crippen LogP contribution in [0, 0.1) is 11.7 Å². The molecule has 0 radical (unpaired) electrons. The van der Waals surface area contributed by atoms with Gasteiger partial charge in [0.05, 0.1) is 5.69 Å². The van der Waals surface area contributed by atoms with Gasteiger partial charge in [0.25, 0.3) is 5.91 Å². The highest BCUT2D eigenvalue weighted by Gasteiger charge is 2.30. The number of aliphatic hydroxyl groups excluding tert-OH is 1. The fourth-order valence-electron chi connectivity index (χ4n) is 2.71. The van der Waals surface area contributed by atoms with Crippen LogP contribution < -0.4 is 10.2 Å². The molecule has 2 aliphatic rings. The molecule has 1 aliphatic carbocycles. The minimum atomic E-state index is -1.25. The van der Waals surface area contributed by atoms with Crippen molar-refractivity contribution in [1.29, 1.82) is 0 Å². The highest BCUT2D eigenvalue weighted by atomic mass is 19.1. The van der Waals surface area contributed by atoms with E-state index in [0.717, 1.165) is 6.54 Å². The zero-order valence-corrected chi connectivity index (χ0v) is 10.8. The molecule has 19 heavy (non-hydrogen) atoms. The molecular weight excluding hydrogens is 247 g/mol. The lowest BCUT2D eigenvalue weighted by Gasteiger charge is -2.31. The zero-order chi connectivity index (χ0) is 13.6. The number of benzene rings is 1. The Labute approximate surface area is 111 Å². The van der Waals surface area contributed by atoms with Gasteiger partial charge in [-0.25, -0.2) is 4.39 Å². The predicted molar refractivity (Wildman–Crippen MR) is 70.6 cm³/mol. The maximum atomic E-state index is 14.1. The number of hydrogen-bond acceptors (Lipinski definition) is 3. The Bertz CT molecular complexity index is 528. The van der Waals surface area contributed by atoms with Crippen molar-refractivity contribution in [2.45, 2.75) is 25.4 Å². The molecule has 1 aromatic carbocycles. The summed E-state index contributed by atoms with van der Waals surface area (Å²) >= 11 is 0. The fourth-order valence-corrected chi connectivity index (χ4v) is 2.71. The lowest BCUT2D eigenvalue weighted by molar-refractivity contribution is -0.123. The first kappa shape index (κ1) is 12.4. The Morgan fingerprint density at radius 2 is 2.21 bits per heavy atom. The maximum Gasteiger partial charge on any atom is 0.257 e. The molecule has 0 aromatic heterocycles. The number of aliphatic hydroxyl groups is 1. The van der Waals surface area contributed by atoms with Crippen LogP contribution in [0.25, 0.3) is 0 Å². The number of hydrogen-bond donors (Lipinski definition) is 2. The Morgan fingerprint density at radius 3 is 2.84 bits per heavy atom. The molecule has 1 fully saturated rings. The summed E-state index contributed by atoms with van der Waals surface area (Å²) in [5, 5.41) is 12.2. The van der Waals surface area contributed by atoms with E-state index in [-0.39, 0.29) is 0 Å². The summed E-state index contributed by atoms with van der Waals surface area (Å²) in [4.78, 5) is 13.2. The molecule has 102 valence electrons. The summed E-state index contributed by atoms with van der Waals surface area (Å²) in [5.74, 6) is -0.248. The Kier molecular flexibility index (Phi) is 2.93. The lowest BCUT2D eigenvalue weighted by atomic mass is 9.85. The lowest BCUT2D eigenvalue weighted by Crippen LogP contribution is -2.29. The number of amides is 1. The maximum absolute atomic E-state index is 14.1.